The van der Waals surface area contributed by atoms with E-state index in [-0.39, 0.29) is 0 Å². The maximum absolute atomic E-state index is 9.83. The van der Waals surface area contributed by atoms with Gasteiger partial charge in [0.2, 0.25) is 0 Å². The van der Waals surface area contributed by atoms with Crippen LogP contribution >= 0.6 is 0 Å². The average molecular weight is 118 g/mol. The Labute approximate surface area is 47.1 Å². The number of hydrogen-bond donors (Lipinski definition) is 2. The smallest absolute Gasteiger partial charge is 0.0700 e. The Kier molecular flexibility index (Phi) is 3.14. The molecule has 4 nitrogen and oxygen atoms in total. The molecule has 0 aromatic heterocycles. The van der Waals surface area contributed by atoms with E-state index in [1.807, 2.05) is 0 Å². The SMILES string of the molecule is CN[C@@H](CO)C(=O)[O-]. The first kappa shape index (κ1) is 7.39. The van der Waals surface area contributed by atoms with Crippen LogP contribution in [0.15, 0.2) is 0 Å². The lowest BCUT2D eigenvalue weighted by molar-refractivity contribution is -0.309. The van der Waals surface area contributed by atoms with Crippen molar-refractivity contribution in [1.82, 2.24) is 5.32 Å². The van der Waals surface area contributed by atoms with Crippen LogP contribution < -0.4 is 10.4 Å². The van der Waals surface area contributed by atoms with E-state index < -0.39 is 18.6 Å². The Morgan fingerprint density at radius 3 is 2.50 bits per heavy atom. The van der Waals surface area contributed by atoms with Gasteiger partial charge < -0.3 is 20.3 Å². The van der Waals surface area contributed by atoms with Crippen LogP contribution in [-0.2, 0) is 4.79 Å². The van der Waals surface area contributed by atoms with Crippen LogP contribution in [0.1, 0.15) is 0 Å². The molecule has 0 spiro atoms. The molecular weight excluding hydrogens is 110 g/mol. The van der Waals surface area contributed by atoms with Crippen molar-refractivity contribution in [2.24, 2.45) is 0 Å². The number of hydrogen-bond acceptors (Lipinski definition) is 4. The van der Waals surface area contributed by atoms with Crippen molar-refractivity contribution in [3.8, 4) is 0 Å². The molecule has 0 aliphatic heterocycles. The molecule has 0 saturated carbocycles. The van der Waals surface area contributed by atoms with Gasteiger partial charge >= 0.3 is 0 Å². The van der Waals surface area contributed by atoms with Crippen LogP contribution in [-0.4, -0.2) is 30.8 Å². The maximum atomic E-state index is 9.83. The molecule has 48 valence electrons. The van der Waals surface area contributed by atoms with Crippen molar-refractivity contribution in [3.63, 3.8) is 0 Å². The minimum atomic E-state index is -1.28. The first-order valence-corrected chi connectivity index (χ1v) is 2.21. The number of likely N-dealkylation sites (N-methyl/N-ethyl adjacent to an activating group) is 1. The van der Waals surface area contributed by atoms with Crippen molar-refractivity contribution in [3.05, 3.63) is 0 Å². The predicted octanol–water partition coefficient (Wildman–Crippen LogP) is -2.68. The van der Waals surface area contributed by atoms with Gasteiger partial charge in [-0.15, -0.1) is 0 Å². The van der Waals surface area contributed by atoms with Gasteiger partial charge in [-0.2, -0.15) is 0 Å². The van der Waals surface area contributed by atoms with Crippen LogP contribution in [0.25, 0.3) is 0 Å². The van der Waals surface area contributed by atoms with Crippen molar-refractivity contribution in [2.45, 2.75) is 6.04 Å². The number of nitrogens with one attached hydrogen (secondary N) is 1. The normalized spacial score (nSPS) is 13.2. The standard InChI is InChI=1S/C4H9NO3/c1-5-3(2-6)4(7)8/h3,5-6H,2H2,1H3,(H,7,8)/p-1/t3-/m0/s1. The fourth-order valence-electron chi connectivity index (χ4n) is 0.284. The van der Waals surface area contributed by atoms with Crippen molar-refractivity contribution in [1.29, 1.82) is 0 Å². The van der Waals surface area contributed by atoms with Crippen molar-refractivity contribution >= 4 is 5.97 Å². The number of carbonyl (C=O) groups is 1. The molecule has 4 heteroatoms. The van der Waals surface area contributed by atoms with Crippen molar-refractivity contribution in [2.75, 3.05) is 13.7 Å². The topological polar surface area (TPSA) is 72.4 Å². The van der Waals surface area contributed by atoms with E-state index in [0.29, 0.717) is 0 Å². The number of aliphatic carboxylic acids is 1. The molecule has 0 unspecified atom stereocenters. The van der Waals surface area contributed by atoms with Gasteiger partial charge in [-0.25, -0.2) is 0 Å². The van der Waals surface area contributed by atoms with E-state index in [4.69, 9.17) is 5.11 Å². The van der Waals surface area contributed by atoms with Crippen molar-refractivity contribution < 1.29 is 15.0 Å². The van der Waals surface area contributed by atoms with Gasteiger partial charge in [0, 0.05) is 0 Å². The second-order valence-corrected chi connectivity index (χ2v) is 1.34. The van der Waals surface area contributed by atoms with Gasteiger partial charge in [0.25, 0.3) is 0 Å². The van der Waals surface area contributed by atoms with Gasteiger partial charge in [0.15, 0.2) is 0 Å². The number of aliphatic hydroxyl groups is 1. The lowest BCUT2D eigenvalue weighted by Crippen LogP contribution is -2.46. The van der Waals surface area contributed by atoms with Gasteiger partial charge in [0.05, 0.1) is 18.6 Å². The Balaban J connectivity index is 3.52. The van der Waals surface area contributed by atoms with Crippen LogP contribution in [0.4, 0.5) is 0 Å². The molecule has 0 aromatic rings. The third kappa shape index (κ3) is 1.90. The van der Waals surface area contributed by atoms with E-state index >= 15 is 0 Å². The summed E-state index contributed by atoms with van der Waals surface area (Å²) in [6, 6.07) is -0.935. The molecule has 0 heterocycles. The zero-order valence-corrected chi connectivity index (χ0v) is 4.55. The molecule has 0 fully saturated rings. The highest BCUT2D eigenvalue weighted by Gasteiger charge is 2.01. The summed E-state index contributed by atoms with van der Waals surface area (Å²) in [4.78, 5) is 9.83. The number of carboxylic acids is 1. The minimum Gasteiger partial charge on any atom is -0.548 e. The highest BCUT2D eigenvalue weighted by atomic mass is 16.4. The molecule has 0 amide bonds. The van der Waals surface area contributed by atoms with E-state index in [9.17, 15) is 9.90 Å². The number of aliphatic hydroxyl groups excluding tert-OH is 1. The molecule has 0 aliphatic rings. The third-order valence-electron chi connectivity index (χ3n) is 0.816. The summed E-state index contributed by atoms with van der Waals surface area (Å²) in [6.07, 6.45) is 0. The second kappa shape index (κ2) is 3.40. The van der Waals surface area contributed by atoms with E-state index in [1.165, 1.54) is 7.05 Å². The lowest BCUT2D eigenvalue weighted by atomic mass is 10.3. The zero-order chi connectivity index (χ0) is 6.57. The number of rotatable bonds is 3. The van der Waals surface area contributed by atoms with Gasteiger partial charge in [0.1, 0.15) is 0 Å². The quantitative estimate of drug-likeness (QED) is 0.423. The monoisotopic (exact) mass is 118 g/mol. The minimum absolute atomic E-state index is 0.432. The van der Waals surface area contributed by atoms with Crippen LogP contribution in [0, 0.1) is 0 Å². The number of carboxylic acid groups (broad SMARTS) is 1. The Morgan fingerprint density at radius 2 is 2.50 bits per heavy atom. The molecular formula is C4H8NO3-. The predicted molar refractivity (Wildman–Crippen MR) is 24.9 cm³/mol. The summed E-state index contributed by atoms with van der Waals surface area (Å²) >= 11 is 0. The molecule has 0 bridgehead atoms. The molecule has 0 aromatic carbocycles. The van der Waals surface area contributed by atoms with E-state index in [2.05, 4.69) is 5.32 Å². The van der Waals surface area contributed by atoms with Gasteiger partial charge in [-0.1, -0.05) is 0 Å². The average Bonchev–Trinajstić information content (AvgIpc) is 1.69. The molecule has 0 saturated heterocycles. The highest BCUT2D eigenvalue weighted by Crippen LogP contribution is 1.73. The molecule has 0 aliphatic carbocycles. The molecule has 1 atom stereocenters. The fraction of sp³-hybridized carbons (Fsp3) is 0.750. The number of carbonyl (C=O) groups excluding carboxylic acids is 1. The van der Waals surface area contributed by atoms with Gasteiger partial charge in [-0.3, -0.25) is 0 Å². The Bertz CT molecular complexity index is 79.4. The Hall–Kier alpha value is -0.610. The van der Waals surface area contributed by atoms with E-state index in [1.54, 1.807) is 0 Å². The summed E-state index contributed by atoms with van der Waals surface area (Å²) in [5.74, 6) is -1.28. The van der Waals surface area contributed by atoms with E-state index in [0.717, 1.165) is 0 Å². The summed E-state index contributed by atoms with van der Waals surface area (Å²) in [7, 11) is 1.44. The summed E-state index contributed by atoms with van der Waals surface area (Å²) in [6.45, 7) is -0.432. The third-order valence-corrected chi connectivity index (χ3v) is 0.816. The molecule has 0 rings (SSSR count). The van der Waals surface area contributed by atoms with Gasteiger partial charge in [-0.05, 0) is 7.05 Å². The summed E-state index contributed by atoms with van der Waals surface area (Å²) in [5.41, 5.74) is 0. The van der Waals surface area contributed by atoms with Crippen LogP contribution in [0.3, 0.4) is 0 Å². The summed E-state index contributed by atoms with van der Waals surface area (Å²) < 4.78 is 0. The molecule has 8 heavy (non-hydrogen) atoms. The van der Waals surface area contributed by atoms with Crippen LogP contribution in [0.2, 0.25) is 0 Å². The molecule has 0 radical (unpaired) electrons. The second-order valence-electron chi connectivity index (χ2n) is 1.34. The summed E-state index contributed by atoms with van der Waals surface area (Å²) in [5, 5.41) is 20.4. The Morgan fingerprint density at radius 1 is 2.00 bits per heavy atom. The fourth-order valence-corrected chi connectivity index (χ4v) is 0.284. The largest absolute Gasteiger partial charge is 0.548 e. The lowest BCUT2D eigenvalue weighted by Gasteiger charge is -2.12. The van der Waals surface area contributed by atoms with Crippen LogP contribution in [0.5, 0.6) is 0 Å². The first-order chi connectivity index (χ1) is 3.72. The first-order valence-electron chi connectivity index (χ1n) is 2.21. The molecule has 2 N–H and O–H groups in total. The maximum Gasteiger partial charge on any atom is 0.0700 e. The zero-order valence-electron chi connectivity index (χ0n) is 4.55. The highest BCUT2D eigenvalue weighted by molar-refractivity contribution is 5.71.